The number of benzene rings is 2. The van der Waals surface area contributed by atoms with Crippen molar-refractivity contribution in [3.05, 3.63) is 89.0 Å². The zero-order valence-electron chi connectivity index (χ0n) is 18.6. The van der Waals surface area contributed by atoms with Crippen LogP contribution < -0.4 is 9.47 Å². The number of nitrogens with one attached hydrogen (secondary N) is 1. The summed E-state index contributed by atoms with van der Waals surface area (Å²) in [7, 11) is 1.50. The van der Waals surface area contributed by atoms with Crippen molar-refractivity contribution in [2.75, 3.05) is 7.11 Å². The van der Waals surface area contributed by atoms with Crippen LogP contribution in [-0.4, -0.2) is 34.1 Å². The summed E-state index contributed by atoms with van der Waals surface area (Å²) in [6.07, 6.45) is 7.46. The Morgan fingerprint density at radius 2 is 1.97 bits per heavy atom. The third-order valence-corrected chi connectivity index (χ3v) is 4.95. The van der Waals surface area contributed by atoms with E-state index in [4.69, 9.17) is 9.47 Å². The van der Waals surface area contributed by atoms with Gasteiger partial charge in [-0.15, -0.1) is 6.58 Å². The van der Waals surface area contributed by atoms with Crippen molar-refractivity contribution in [2.24, 2.45) is 0 Å². The highest BCUT2D eigenvalue weighted by Gasteiger charge is 2.26. The molecular weight excluding hydrogens is 420 g/mol. The summed E-state index contributed by atoms with van der Waals surface area (Å²) < 4.78 is 11.2. The molecule has 0 bridgehead atoms. The van der Waals surface area contributed by atoms with Crippen LogP contribution in [0.5, 0.6) is 11.5 Å². The number of aromatic nitrogens is 2. The van der Waals surface area contributed by atoms with E-state index in [2.05, 4.69) is 16.5 Å². The van der Waals surface area contributed by atoms with E-state index in [0.29, 0.717) is 35.5 Å². The van der Waals surface area contributed by atoms with Gasteiger partial charge in [-0.2, -0.15) is 0 Å². The molecule has 0 atom stereocenters. The van der Waals surface area contributed by atoms with Crippen molar-refractivity contribution in [2.45, 2.75) is 26.2 Å². The number of methoxy groups -OCH3 is 1. The number of rotatable bonds is 10. The van der Waals surface area contributed by atoms with Gasteiger partial charge in [0.1, 0.15) is 23.6 Å². The highest BCUT2D eigenvalue weighted by Crippen LogP contribution is 2.38. The molecule has 0 amide bonds. The molecular formula is C26H26N2O5. The van der Waals surface area contributed by atoms with E-state index in [1.165, 1.54) is 13.3 Å². The highest BCUT2D eigenvalue weighted by molar-refractivity contribution is 5.98. The largest absolute Gasteiger partial charge is 0.496 e. The van der Waals surface area contributed by atoms with Crippen LogP contribution >= 0.6 is 0 Å². The van der Waals surface area contributed by atoms with E-state index in [-0.39, 0.29) is 17.7 Å². The molecule has 7 heteroatoms. The molecule has 0 aliphatic carbocycles. The van der Waals surface area contributed by atoms with Gasteiger partial charge in [-0.1, -0.05) is 48.1 Å². The first-order chi connectivity index (χ1) is 15.9. The van der Waals surface area contributed by atoms with E-state index < -0.39 is 11.9 Å². The number of allylic oxidation sites excluding steroid dienone is 1. The van der Waals surface area contributed by atoms with Gasteiger partial charge < -0.3 is 19.6 Å². The zero-order valence-corrected chi connectivity index (χ0v) is 18.6. The third-order valence-electron chi connectivity index (χ3n) is 4.95. The fourth-order valence-electron chi connectivity index (χ4n) is 3.35. The quantitative estimate of drug-likeness (QED) is 0.198. The molecule has 2 N–H and O–H groups in total. The molecule has 0 aliphatic rings. The van der Waals surface area contributed by atoms with Crippen LogP contribution in [0.4, 0.5) is 0 Å². The number of esters is 1. The van der Waals surface area contributed by atoms with E-state index in [1.807, 2.05) is 37.3 Å². The fourth-order valence-corrected chi connectivity index (χ4v) is 3.35. The van der Waals surface area contributed by atoms with Gasteiger partial charge in [0.05, 0.1) is 7.11 Å². The number of H-pyrrole nitrogens is 1. The lowest BCUT2D eigenvalue weighted by Gasteiger charge is -2.18. The van der Waals surface area contributed by atoms with Crippen molar-refractivity contribution in [1.82, 2.24) is 9.97 Å². The molecule has 2 aromatic carbocycles. The van der Waals surface area contributed by atoms with E-state index in [9.17, 15) is 14.7 Å². The smallest absolute Gasteiger partial charge is 0.340 e. The van der Waals surface area contributed by atoms with Crippen molar-refractivity contribution in [1.29, 1.82) is 0 Å². The van der Waals surface area contributed by atoms with Gasteiger partial charge in [-0.3, -0.25) is 4.79 Å². The number of carbonyl (C=O) groups excluding carboxylic acids is 1. The summed E-state index contributed by atoms with van der Waals surface area (Å²) in [4.78, 5) is 31.9. The molecule has 1 heterocycles. The second kappa shape index (κ2) is 10.9. The van der Waals surface area contributed by atoms with E-state index >= 15 is 0 Å². The van der Waals surface area contributed by atoms with Crippen LogP contribution in [0, 0.1) is 0 Å². The molecule has 0 saturated heterocycles. The number of aromatic amines is 1. The minimum atomic E-state index is -1.21. The minimum Gasteiger partial charge on any atom is -0.496 e. The molecule has 33 heavy (non-hydrogen) atoms. The Hall–Kier alpha value is -4.13. The summed E-state index contributed by atoms with van der Waals surface area (Å²) in [5.74, 6) is -0.993. The van der Waals surface area contributed by atoms with Gasteiger partial charge in [-0.25, -0.2) is 9.78 Å². The third kappa shape index (κ3) is 6.20. The molecule has 0 saturated carbocycles. The first-order valence-corrected chi connectivity index (χ1v) is 10.4. The average molecular weight is 447 g/mol. The van der Waals surface area contributed by atoms with Crippen LogP contribution in [0.15, 0.2) is 60.9 Å². The molecule has 0 spiro atoms. The Bertz CT molecular complexity index is 1170. The van der Waals surface area contributed by atoms with Crippen LogP contribution in [0.1, 0.15) is 46.2 Å². The van der Waals surface area contributed by atoms with Crippen molar-refractivity contribution in [3.63, 3.8) is 0 Å². The monoisotopic (exact) mass is 446 g/mol. The number of imidazole rings is 1. The van der Waals surface area contributed by atoms with Gasteiger partial charge in [0, 0.05) is 18.0 Å². The number of ether oxygens (including phenoxy) is 2. The Balaban J connectivity index is 2.10. The van der Waals surface area contributed by atoms with Crippen LogP contribution in [0.2, 0.25) is 0 Å². The predicted molar refractivity (Wildman–Crippen MR) is 126 cm³/mol. The Morgan fingerprint density at radius 1 is 1.21 bits per heavy atom. The number of carbonyl (C=O) groups is 2. The molecule has 170 valence electrons. The molecule has 1 aromatic heterocycles. The number of hydrogen-bond acceptors (Lipinski definition) is 5. The maximum atomic E-state index is 12.7. The topological polar surface area (TPSA) is 102 Å². The molecule has 0 radical (unpaired) electrons. The number of aromatic carboxylic acids is 1. The first-order valence-electron chi connectivity index (χ1n) is 10.4. The SMILES string of the molecule is C=C(C)CCc1c(OC)cc(/C=C/c2ccccc2)c(C(=O)O)c1OC(=O)Cc1ncc[nH]1. The average Bonchev–Trinajstić information content (AvgIpc) is 3.29. The fraction of sp³-hybridized carbons (Fsp3) is 0.192. The van der Waals surface area contributed by atoms with Gasteiger partial charge >= 0.3 is 11.9 Å². The zero-order chi connectivity index (χ0) is 23.8. The molecule has 0 fully saturated rings. The maximum Gasteiger partial charge on any atom is 0.340 e. The molecule has 0 aliphatic heterocycles. The Kier molecular flexibility index (Phi) is 7.81. The van der Waals surface area contributed by atoms with Gasteiger partial charge in [0.25, 0.3) is 0 Å². The number of carboxylic acid groups (broad SMARTS) is 1. The van der Waals surface area contributed by atoms with E-state index in [1.54, 1.807) is 24.4 Å². The van der Waals surface area contributed by atoms with Crippen LogP contribution in [-0.2, 0) is 17.6 Å². The summed E-state index contributed by atoms with van der Waals surface area (Å²) in [5.41, 5.74) is 2.57. The second-order valence-corrected chi connectivity index (χ2v) is 7.54. The summed E-state index contributed by atoms with van der Waals surface area (Å²) in [6, 6.07) is 11.1. The normalized spacial score (nSPS) is 10.8. The van der Waals surface area contributed by atoms with Gasteiger partial charge in [0.15, 0.2) is 5.75 Å². The molecule has 7 nitrogen and oxygen atoms in total. The summed E-state index contributed by atoms with van der Waals surface area (Å²) >= 11 is 0. The lowest BCUT2D eigenvalue weighted by Crippen LogP contribution is -2.17. The van der Waals surface area contributed by atoms with Crippen molar-refractivity contribution < 1.29 is 24.2 Å². The van der Waals surface area contributed by atoms with Crippen LogP contribution in [0.3, 0.4) is 0 Å². The van der Waals surface area contributed by atoms with Gasteiger partial charge in [-0.05, 0) is 37.0 Å². The Labute approximate surface area is 192 Å². The molecule has 0 unspecified atom stereocenters. The lowest BCUT2D eigenvalue weighted by molar-refractivity contribution is -0.133. The highest BCUT2D eigenvalue weighted by atomic mass is 16.5. The lowest BCUT2D eigenvalue weighted by atomic mass is 9.96. The number of nitrogens with zero attached hydrogens (tertiary/aromatic N) is 1. The van der Waals surface area contributed by atoms with Crippen molar-refractivity contribution >= 4 is 24.1 Å². The maximum absolute atomic E-state index is 12.7. The van der Waals surface area contributed by atoms with Crippen LogP contribution in [0.25, 0.3) is 12.2 Å². The molecule has 3 rings (SSSR count). The number of hydrogen-bond donors (Lipinski definition) is 2. The summed E-state index contributed by atoms with van der Waals surface area (Å²) in [6.45, 7) is 5.79. The molecule has 3 aromatic rings. The predicted octanol–water partition coefficient (Wildman–Crippen LogP) is 4.94. The number of carboxylic acids is 1. The van der Waals surface area contributed by atoms with E-state index in [0.717, 1.165) is 11.1 Å². The van der Waals surface area contributed by atoms with Crippen molar-refractivity contribution in [3.8, 4) is 11.5 Å². The minimum absolute atomic E-state index is 0.0210. The van der Waals surface area contributed by atoms with Gasteiger partial charge in [0.2, 0.25) is 0 Å². The standard InChI is InChI=1S/C26H26N2O5/c1-17(2)9-12-20-21(32-3)15-19(11-10-18-7-5-4-6-8-18)24(26(30)31)25(20)33-23(29)16-22-27-13-14-28-22/h4-8,10-11,13-15H,1,9,12,16H2,2-3H3,(H,27,28)(H,30,31)/b11-10+. The first kappa shape index (κ1) is 23.5. The Morgan fingerprint density at radius 3 is 2.58 bits per heavy atom. The summed E-state index contributed by atoms with van der Waals surface area (Å²) in [5, 5.41) is 10.1. The second-order valence-electron chi connectivity index (χ2n) is 7.54.